The van der Waals surface area contributed by atoms with Crippen molar-refractivity contribution in [2.45, 2.75) is 31.3 Å². The number of nitrogens with one attached hydrogen (secondary N) is 2. The van der Waals surface area contributed by atoms with E-state index >= 15 is 0 Å². The van der Waals surface area contributed by atoms with Crippen molar-refractivity contribution in [2.75, 3.05) is 0 Å². The first-order valence-corrected chi connectivity index (χ1v) is 13.4. The van der Waals surface area contributed by atoms with Crippen molar-refractivity contribution in [1.29, 1.82) is 0 Å². The average Bonchev–Trinajstić information content (AvgIpc) is 2.90. The molecule has 4 rings (SSSR count). The van der Waals surface area contributed by atoms with Gasteiger partial charge in [-0.05, 0) is 40.1 Å². The molecule has 7 nitrogen and oxygen atoms in total. The Hall–Kier alpha value is -4.01. The minimum absolute atomic E-state index is 0.0214. The van der Waals surface area contributed by atoms with Crippen LogP contribution in [0.25, 0.3) is 21.9 Å². The van der Waals surface area contributed by atoms with Crippen LogP contribution in [0.4, 0.5) is 0 Å². The summed E-state index contributed by atoms with van der Waals surface area (Å²) in [6, 6.07) is 26.0. The Bertz CT molecular complexity index is 1560. The molecule has 0 spiro atoms. The molecule has 4 aromatic carbocycles. The van der Waals surface area contributed by atoms with Crippen molar-refractivity contribution >= 4 is 32.6 Å². The lowest BCUT2D eigenvalue weighted by Gasteiger charge is -2.20. The molecule has 0 unspecified atom stereocenters. The number of fused-ring (bicyclic) bond motifs is 1. The highest BCUT2D eigenvalue weighted by Crippen LogP contribution is 2.28. The minimum Gasteiger partial charge on any atom is -0.368 e. The van der Waals surface area contributed by atoms with Crippen LogP contribution in [0.3, 0.4) is 0 Å². The Balaban J connectivity index is 1.65. The van der Waals surface area contributed by atoms with E-state index in [9.17, 15) is 18.0 Å². The maximum atomic E-state index is 13.3. The maximum absolute atomic E-state index is 13.3. The van der Waals surface area contributed by atoms with E-state index in [1.807, 2.05) is 42.5 Å². The van der Waals surface area contributed by atoms with Gasteiger partial charge in [0.05, 0.1) is 4.90 Å². The fourth-order valence-corrected chi connectivity index (χ4v) is 5.55. The van der Waals surface area contributed by atoms with Crippen LogP contribution in [0.2, 0.25) is 0 Å². The van der Waals surface area contributed by atoms with E-state index in [0.717, 1.165) is 5.39 Å². The van der Waals surface area contributed by atoms with E-state index < -0.39 is 27.9 Å². The lowest BCUT2D eigenvalue weighted by atomic mass is 9.94. The molecule has 4 aromatic rings. The number of hydrogen-bond donors (Lipinski definition) is 3. The van der Waals surface area contributed by atoms with Gasteiger partial charge < -0.3 is 11.1 Å². The Morgan fingerprint density at radius 2 is 1.43 bits per heavy atom. The number of amides is 2. The Kier molecular flexibility index (Phi) is 7.71. The highest BCUT2D eigenvalue weighted by Gasteiger charge is 2.24. The molecule has 0 aromatic heterocycles. The number of hydrogen-bond acceptors (Lipinski definition) is 4. The molecule has 0 aliphatic rings. The van der Waals surface area contributed by atoms with Crippen molar-refractivity contribution in [3.05, 3.63) is 102 Å². The standard InChI is InChI=1S/C29H29N3O4S/c1-19(2)27(28(30)33)32-29(34)25-16-8-7-15-24(25)22-13-5-4-11-21(22)18-31-37(35,36)26-17-9-12-20-10-3-6-14-23(20)26/h3-17,19,27,31H,18H2,1-2H3,(H2,30,33)(H,32,34)/t27-/m0/s1. The molecular weight excluding hydrogens is 486 g/mol. The number of carbonyl (C=O) groups is 2. The second-order valence-corrected chi connectivity index (χ2v) is 10.8. The lowest BCUT2D eigenvalue weighted by Crippen LogP contribution is -2.47. The zero-order valence-electron chi connectivity index (χ0n) is 20.6. The van der Waals surface area contributed by atoms with E-state index in [4.69, 9.17) is 5.73 Å². The van der Waals surface area contributed by atoms with Crippen LogP contribution in [0.15, 0.2) is 95.9 Å². The second-order valence-electron chi connectivity index (χ2n) is 9.10. The summed E-state index contributed by atoms with van der Waals surface area (Å²) in [7, 11) is -3.83. The fraction of sp³-hybridized carbons (Fsp3) is 0.172. The molecule has 0 aliphatic heterocycles. The van der Waals surface area contributed by atoms with Gasteiger partial charge in [0.2, 0.25) is 15.9 Å². The van der Waals surface area contributed by atoms with Gasteiger partial charge in [0.1, 0.15) is 6.04 Å². The quantitative estimate of drug-likeness (QED) is 0.309. The first-order valence-electron chi connectivity index (χ1n) is 11.9. The average molecular weight is 516 g/mol. The molecule has 0 bridgehead atoms. The van der Waals surface area contributed by atoms with Gasteiger partial charge in [0, 0.05) is 17.5 Å². The molecule has 0 aliphatic carbocycles. The summed E-state index contributed by atoms with van der Waals surface area (Å²) in [5, 5.41) is 4.21. The van der Waals surface area contributed by atoms with Gasteiger partial charge >= 0.3 is 0 Å². The van der Waals surface area contributed by atoms with Crippen molar-refractivity contribution in [1.82, 2.24) is 10.0 Å². The third-order valence-corrected chi connectivity index (χ3v) is 7.69. The smallest absolute Gasteiger partial charge is 0.252 e. The lowest BCUT2D eigenvalue weighted by molar-refractivity contribution is -0.120. The van der Waals surface area contributed by atoms with Crippen LogP contribution in [0.5, 0.6) is 0 Å². The van der Waals surface area contributed by atoms with Crippen LogP contribution in [-0.2, 0) is 21.4 Å². The van der Waals surface area contributed by atoms with Gasteiger partial charge in [-0.2, -0.15) is 0 Å². The number of sulfonamides is 1. The van der Waals surface area contributed by atoms with E-state index in [2.05, 4.69) is 10.0 Å². The van der Waals surface area contributed by atoms with Crippen molar-refractivity contribution in [2.24, 2.45) is 11.7 Å². The van der Waals surface area contributed by atoms with Crippen LogP contribution in [0.1, 0.15) is 29.8 Å². The molecule has 0 fully saturated rings. The summed E-state index contributed by atoms with van der Waals surface area (Å²) < 4.78 is 29.3. The van der Waals surface area contributed by atoms with E-state index in [1.165, 1.54) is 0 Å². The van der Waals surface area contributed by atoms with Crippen molar-refractivity contribution in [3.63, 3.8) is 0 Å². The molecule has 1 atom stereocenters. The number of primary amides is 1. The second kappa shape index (κ2) is 10.9. The van der Waals surface area contributed by atoms with Crippen molar-refractivity contribution in [3.8, 4) is 11.1 Å². The van der Waals surface area contributed by atoms with Crippen molar-refractivity contribution < 1.29 is 18.0 Å². The predicted octanol–water partition coefficient (Wildman–Crippen LogP) is 4.23. The molecule has 8 heteroatoms. The summed E-state index contributed by atoms with van der Waals surface area (Å²) in [6.45, 7) is 3.63. The molecule has 190 valence electrons. The third kappa shape index (κ3) is 5.71. The molecule has 4 N–H and O–H groups in total. The van der Waals surface area contributed by atoms with Gasteiger partial charge in [-0.1, -0.05) is 92.7 Å². The number of rotatable bonds is 9. The molecule has 2 amide bonds. The summed E-state index contributed by atoms with van der Waals surface area (Å²) in [6.07, 6.45) is 0. The highest BCUT2D eigenvalue weighted by molar-refractivity contribution is 7.89. The zero-order chi connectivity index (χ0) is 26.6. The molecule has 0 saturated carbocycles. The van der Waals surface area contributed by atoms with Crippen LogP contribution in [0, 0.1) is 5.92 Å². The molecule has 37 heavy (non-hydrogen) atoms. The summed E-state index contributed by atoms with van der Waals surface area (Å²) in [5.74, 6) is -1.22. The maximum Gasteiger partial charge on any atom is 0.252 e. The monoisotopic (exact) mass is 515 g/mol. The highest BCUT2D eigenvalue weighted by atomic mass is 32.2. The van der Waals surface area contributed by atoms with Crippen LogP contribution < -0.4 is 15.8 Å². The predicted molar refractivity (Wildman–Crippen MR) is 145 cm³/mol. The number of nitrogens with two attached hydrogens (primary N) is 1. The normalized spacial score (nSPS) is 12.4. The Labute approximate surface area is 216 Å². The van der Waals surface area contributed by atoms with E-state index in [1.54, 1.807) is 62.4 Å². The SMILES string of the molecule is CC(C)[C@H](NC(=O)c1ccccc1-c1ccccc1CNS(=O)(=O)c1cccc2ccccc12)C(N)=O. The fourth-order valence-electron chi connectivity index (χ4n) is 4.32. The molecular formula is C29H29N3O4S. The number of carbonyl (C=O) groups excluding carboxylic acids is 2. The van der Waals surface area contributed by atoms with Gasteiger partial charge in [-0.15, -0.1) is 0 Å². The molecule has 0 saturated heterocycles. The zero-order valence-corrected chi connectivity index (χ0v) is 21.5. The Morgan fingerprint density at radius 3 is 2.16 bits per heavy atom. The Morgan fingerprint density at radius 1 is 0.811 bits per heavy atom. The minimum atomic E-state index is -3.83. The summed E-state index contributed by atoms with van der Waals surface area (Å²) in [5.41, 5.74) is 7.86. The molecule has 0 radical (unpaired) electrons. The van der Waals surface area contributed by atoms with Gasteiger partial charge in [0.25, 0.3) is 5.91 Å². The van der Waals surface area contributed by atoms with Gasteiger partial charge in [-0.3, -0.25) is 9.59 Å². The first-order chi connectivity index (χ1) is 17.7. The van der Waals surface area contributed by atoms with Crippen LogP contribution in [-0.4, -0.2) is 26.3 Å². The molecule has 0 heterocycles. The van der Waals surface area contributed by atoms with Gasteiger partial charge in [0.15, 0.2) is 0 Å². The topological polar surface area (TPSA) is 118 Å². The van der Waals surface area contributed by atoms with E-state index in [-0.39, 0.29) is 17.4 Å². The number of benzene rings is 4. The summed E-state index contributed by atoms with van der Waals surface area (Å²) in [4.78, 5) is 25.2. The van der Waals surface area contributed by atoms with Crippen LogP contribution >= 0.6 is 0 Å². The van der Waals surface area contributed by atoms with E-state index in [0.29, 0.717) is 27.6 Å². The first kappa shape index (κ1) is 26.1. The van der Waals surface area contributed by atoms with Gasteiger partial charge in [-0.25, -0.2) is 13.1 Å². The third-order valence-electron chi connectivity index (χ3n) is 6.23. The largest absolute Gasteiger partial charge is 0.368 e. The summed E-state index contributed by atoms with van der Waals surface area (Å²) >= 11 is 0.